The second-order valence-corrected chi connectivity index (χ2v) is 12.7. The average Bonchev–Trinajstić information content (AvgIpc) is 3.49. The van der Waals surface area contributed by atoms with E-state index in [0.717, 1.165) is 43.4 Å². The molecule has 3 heterocycles. The van der Waals surface area contributed by atoms with E-state index >= 15 is 0 Å². The minimum atomic E-state index is -0.808. The molecule has 1 aromatic carbocycles. The molecule has 5 rings (SSSR count). The van der Waals surface area contributed by atoms with E-state index in [2.05, 4.69) is 22.3 Å². The Kier molecular flexibility index (Phi) is 8.99. The third-order valence-corrected chi connectivity index (χ3v) is 8.43. The topological polar surface area (TPSA) is 121 Å². The number of carbonyl (C=O) groups is 1. The number of nitrogens with two attached hydrogens (primary N) is 1. The fourth-order valence-electron chi connectivity index (χ4n) is 5.90. The number of hydrogen-bond donors (Lipinski definition) is 1. The third-order valence-electron chi connectivity index (χ3n) is 8.16. The molecule has 11 heteroatoms. The molecular weight excluding hydrogens is 570 g/mol. The monoisotopic (exact) mass is 609 g/mol. The van der Waals surface area contributed by atoms with E-state index in [9.17, 15) is 9.59 Å². The number of fused-ring (bicyclic) bond motifs is 1. The van der Waals surface area contributed by atoms with Gasteiger partial charge in [0, 0.05) is 38.5 Å². The number of pyridine rings is 2. The minimum absolute atomic E-state index is 0.0253. The maximum absolute atomic E-state index is 13.5. The molecule has 1 aliphatic carbocycles. The summed E-state index contributed by atoms with van der Waals surface area (Å²) in [6, 6.07) is 11.8. The van der Waals surface area contributed by atoms with Crippen molar-refractivity contribution in [3.8, 4) is 5.75 Å². The molecule has 3 aromatic rings. The number of amides is 1. The number of ether oxygens (including phenoxy) is 2. The molecule has 1 saturated heterocycles. The van der Waals surface area contributed by atoms with E-state index in [1.165, 1.54) is 4.57 Å². The van der Waals surface area contributed by atoms with E-state index < -0.39 is 17.1 Å². The van der Waals surface area contributed by atoms with Crippen LogP contribution in [0.15, 0.2) is 46.3 Å². The molecule has 1 unspecified atom stereocenters. The molecule has 1 aliphatic heterocycles. The first-order valence-corrected chi connectivity index (χ1v) is 15.1. The number of carbonyl (C=O) groups excluding carboxylic acids is 1. The Labute approximate surface area is 256 Å². The summed E-state index contributed by atoms with van der Waals surface area (Å²) in [7, 11) is 3.48. The number of halogens is 1. The number of primary amides is 1. The van der Waals surface area contributed by atoms with E-state index in [0.29, 0.717) is 35.7 Å². The van der Waals surface area contributed by atoms with Crippen LogP contribution in [0.4, 0.5) is 5.69 Å². The highest BCUT2D eigenvalue weighted by atomic mass is 35.5. The molecule has 230 valence electrons. The van der Waals surface area contributed by atoms with Crippen LogP contribution in [0.3, 0.4) is 0 Å². The molecule has 0 spiro atoms. The minimum Gasteiger partial charge on any atom is -0.485 e. The molecule has 1 saturated carbocycles. The standard InChI is InChI=1S/C32H40ClN5O5/c1-32(2,3)43-36-26(19-9-7-6-8-10-19)20-11-13-21(14-12-20)37(4)28-25(30(34)39)31(40)38(5)23-17-24(29(33)35-27(23)28)42-22-15-16-41-18-22/h6-10,17,20-22H,11-16,18H2,1-5H3,(H2,34,39). The summed E-state index contributed by atoms with van der Waals surface area (Å²) >= 11 is 6.62. The summed E-state index contributed by atoms with van der Waals surface area (Å²) < 4.78 is 12.9. The maximum Gasteiger partial charge on any atom is 0.265 e. The van der Waals surface area contributed by atoms with Gasteiger partial charge in [-0.1, -0.05) is 47.1 Å². The van der Waals surface area contributed by atoms with Crippen molar-refractivity contribution in [2.24, 2.45) is 23.9 Å². The average molecular weight is 610 g/mol. The summed E-state index contributed by atoms with van der Waals surface area (Å²) in [5.41, 5.74) is 8.08. The van der Waals surface area contributed by atoms with Crippen LogP contribution in [-0.2, 0) is 16.6 Å². The Hall–Kier alpha value is -3.63. The number of aryl methyl sites for hydroxylation is 1. The van der Waals surface area contributed by atoms with Gasteiger partial charge in [-0.05, 0) is 52.0 Å². The molecule has 1 atom stereocenters. The summed E-state index contributed by atoms with van der Waals surface area (Å²) in [5.74, 6) is -0.250. The molecule has 43 heavy (non-hydrogen) atoms. The van der Waals surface area contributed by atoms with Gasteiger partial charge in [0.2, 0.25) is 0 Å². The van der Waals surface area contributed by atoms with Crippen LogP contribution in [0.25, 0.3) is 11.0 Å². The number of rotatable bonds is 8. The Balaban J connectivity index is 1.47. The molecule has 2 aliphatic rings. The van der Waals surface area contributed by atoms with Crippen molar-refractivity contribution in [3.63, 3.8) is 0 Å². The Morgan fingerprint density at radius 1 is 1.16 bits per heavy atom. The van der Waals surface area contributed by atoms with Crippen molar-refractivity contribution in [1.29, 1.82) is 0 Å². The van der Waals surface area contributed by atoms with Crippen molar-refractivity contribution in [2.75, 3.05) is 25.2 Å². The highest BCUT2D eigenvalue weighted by Gasteiger charge is 2.33. The van der Waals surface area contributed by atoms with Gasteiger partial charge in [0.05, 0.1) is 30.1 Å². The van der Waals surface area contributed by atoms with Crippen LogP contribution in [-0.4, -0.2) is 59.2 Å². The van der Waals surface area contributed by atoms with E-state index in [1.807, 2.05) is 50.9 Å². The zero-order valence-corrected chi connectivity index (χ0v) is 26.2. The molecule has 0 radical (unpaired) electrons. The van der Waals surface area contributed by atoms with E-state index in [4.69, 9.17) is 31.6 Å². The molecule has 2 N–H and O–H groups in total. The van der Waals surface area contributed by atoms with Gasteiger partial charge in [0.25, 0.3) is 11.5 Å². The van der Waals surface area contributed by atoms with E-state index in [-0.39, 0.29) is 28.8 Å². The van der Waals surface area contributed by atoms with Crippen LogP contribution in [0, 0.1) is 5.92 Å². The Bertz CT molecular complexity index is 1570. The van der Waals surface area contributed by atoms with Crippen molar-refractivity contribution >= 4 is 39.9 Å². The Morgan fingerprint density at radius 2 is 1.86 bits per heavy atom. The van der Waals surface area contributed by atoms with Crippen LogP contribution in [0.2, 0.25) is 5.15 Å². The first kappa shape index (κ1) is 30.8. The van der Waals surface area contributed by atoms with Gasteiger partial charge < -0.3 is 29.5 Å². The van der Waals surface area contributed by atoms with Crippen molar-refractivity contribution in [2.45, 2.75) is 70.6 Å². The van der Waals surface area contributed by atoms with Gasteiger partial charge in [-0.15, -0.1) is 0 Å². The number of benzene rings is 1. The summed E-state index contributed by atoms with van der Waals surface area (Å²) in [4.78, 5) is 38.7. The van der Waals surface area contributed by atoms with Gasteiger partial charge in [-0.3, -0.25) is 9.59 Å². The van der Waals surface area contributed by atoms with Crippen LogP contribution >= 0.6 is 11.6 Å². The number of aromatic nitrogens is 2. The zero-order valence-electron chi connectivity index (χ0n) is 25.4. The Morgan fingerprint density at radius 3 is 2.47 bits per heavy atom. The lowest BCUT2D eigenvalue weighted by Gasteiger charge is -2.37. The molecule has 10 nitrogen and oxygen atoms in total. The molecule has 1 amide bonds. The zero-order chi connectivity index (χ0) is 30.9. The molecule has 2 aromatic heterocycles. The fourth-order valence-corrected chi connectivity index (χ4v) is 6.08. The van der Waals surface area contributed by atoms with E-state index in [1.54, 1.807) is 13.1 Å². The second-order valence-electron chi connectivity index (χ2n) is 12.4. The second kappa shape index (κ2) is 12.5. The summed E-state index contributed by atoms with van der Waals surface area (Å²) in [5, 5.41) is 4.77. The lowest BCUT2D eigenvalue weighted by molar-refractivity contribution is -0.0000324. The number of anilines is 1. The highest BCUT2D eigenvalue weighted by Crippen LogP contribution is 2.38. The van der Waals surface area contributed by atoms with Crippen molar-refractivity contribution in [1.82, 2.24) is 9.55 Å². The third kappa shape index (κ3) is 6.65. The molecule has 2 fully saturated rings. The van der Waals surface area contributed by atoms with Gasteiger partial charge in [-0.25, -0.2) is 4.98 Å². The summed E-state index contributed by atoms with van der Waals surface area (Å²) in [6.07, 6.45) is 3.89. The van der Waals surface area contributed by atoms with Gasteiger partial charge in [0.15, 0.2) is 10.9 Å². The lowest BCUT2D eigenvalue weighted by Crippen LogP contribution is -2.40. The van der Waals surface area contributed by atoms with Crippen LogP contribution < -0.4 is 20.9 Å². The van der Waals surface area contributed by atoms with Crippen LogP contribution in [0.5, 0.6) is 5.75 Å². The maximum atomic E-state index is 13.5. The van der Waals surface area contributed by atoms with Crippen LogP contribution in [0.1, 0.15) is 68.8 Å². The van der Waals surface area contributed by atoms with Gasteiger partial charge >= 0.3 is 0 Å². The quantitative estimate of drug-likeness (QED) is 0.215. The lowest BCUT2D eigenvalue weighted by atomic mass is 9.80. The SMILES string of the molecule is CN(c1c(C(N)=O)c(=O)n(C)c2cc(OC3CCOC3)c(Cl)nc12)C1CCC(C(=NOC(C)(C)C)c2ccccc2)CC1. The molecular formula is C32H40ClN5O5. The first-order valence-electron chi connectivity index (χ1n) is 14.8. The normalized spacial score (nSPS) is 21.2. The highest BCUT2D eigenvalue weighted by molar-refractivity contribution is 6.31. The predicted molar refractivity (Wildman–Crippen MR) is 168 cm³/mol. The first-order chi connectivity index (χ1) is 20.4. The smallest absolute Gasteiger partial charge is 0.265 e. The van der Waals surface area contributed by atoms with Gasteiger partial charge in [-0.2, -0.15) is 0 Å². The molecule has 0 bridgehead atoms. The van der Waals surface area contributed by atoms with Crippen molar-refractivity contribution < 1.29 is 19.1 Å². The largest absolute Gasteiger partial charge is 0.485 e. The summed E-state index contributed by atoms with van der Waals surface area (Å²) in [6.45, 7) is 7.02. The number of hydrogen-bond acceptors (Lipinski definition) is 8. The number of oxime groups is 1. The fraction of sp³-hybridized carbons (Fsp3) is 0.500. The number of nitrogens with zero attached hydrogens (tertiary/aromatic N) is 4. The predicted octanol–water partition coefficient (Wildman–Crippen LogP) is 5.07. The van der Waals surface area contributed by atoms with Gasteiger partial charge in [0.1, 0.15) is 22.8 Å². The van der Waals surface area contributed by atoms with Crippen molar-refractivity contribution in [3.05, 3.63) is 63.0 Å².